The van der Waals surface area contributed by atoms with Gasteiger partial charge in [-0.1, -0.05) is 51.4 Å². The van der Waals surface area contributed by atoms with E-state index in [1.54, 1.807) is 0 Å². The first-order chi connectivity index (χ1) is 11.5. The first-order valence-corrected chi connectivity index (χ1v) is 9.51. The van der Waals surface area contributed by atoms with Crippen LogP contribution in [0.1, 0.15) is 60.1 Å². The maximum atomic E-state index is 6.53. The zero-order valence-corrected chi connectivity index (χ0v) is 17.1. The van der Waals surface area contributed by atoms with E-state index in [0.717, 1.165) is 5.02 Å². The molecular formula is C20H31ClN2O2. The van der Waals surface area contributed by atoms with E-state index in [2.05, 4.69) is 71.0 Å². The Morgan fingerprint density at radius 2 is 1.80 bits per heavy atom. The van der Waals surface area contributed by atoms with E-state index in [9.17, 15) is 0 Å². The number of halogens is 1. The van der Waals surface area contributed by atoms with Crippen LogP contribution in [-0.2, 0) is 9.57 Å². The van der Waals surface area contributed by atoms with E-state index >= 15 is 0 Å². The molecule has 3 rings (SSSR count). The highest BCUT2D eigenvalue weighted by Gasteiger charge is 2.66. The van der Waals surface area contributed by atoms with Crippen molar-refractivity contribution in [3.8, 4) is 0 Å². The molecule has 0 saturated carbocycles. The molecule has 0 unspecified atom stereocenters. The predicted octanol–water partition coefficient (Wildman–Crippen LogP) is 4.75. The number of ether oxygens (including phenoxy) is 1. The van der Waals surface area contributed by atoms with Crippen LogP contribution < -0.4 is 5.32 Å². The van der Waals surface area contributed by atoms with Gasteiger partial charge < -0.3 is 4.74 Å². The first kappa shape index (κ1) is 19.1. The summed E-state index contributed by atoms with van der Waals surface area (Å²) in [5.74, 6) is -0.337. The van der Waals surface area contributed by atoms with Gasteiger partial charge >= 0.3 is 0 Å². The summed E-state index contributed by atoms with van der Waals surface area (Å²) in [6, 6.07) is 8.39. The van der Waals surface area contributed by atoms with Crippen LogP contribution in [0.25, 0.3) is 0 Å². The molecular weight excluding hydrogens is 336 g/mol. The molecule has 5 heteroatoms. The Bertz CT molecular complexity index is 624. The summed E-state index contributed by atoms with van der Waals surface area (Å²) in [7, 11) is 0. The summed E-state index contributed by atoms with van der Waals surface area (Å²) >= 11 is 6.11. The number of rotatable bonds is 2. The first-order valence-electron chi connectivity index (χ1n) is 9.13. The van der Waals surface area contributed by atoms with Crippen LogP contribution in [0.5, 0.6) is 0 Å². The maximum Gasteiger partial charge on any atom is 0.253 e. The van der Waals surface area contributed by atoms with Crippen molar-refractivity contribution in [3.63, 3.8) is 0 Å². The quantitative estimate of drug-likeness (QED) is 0.818. The van der Waals surface area contributed by atoms with Gasteiger partial charge in [0.1, 0.15) is 0 Å². The minimum absolute atomic E-state index is 0.0446. The molecule has 1 N–H and O–H groups in total. The maximum absolute atomic E-state index is 6.53. The van der Waals surface area contributed by atoms with Gasteiger partial charge in [0, 0.05) is 16.6 Å². The molecule has 0 bridgehead atoms. The standard InChI is InChI=1S/C20H31ClN2O2/c1-13(2)16-12-24-20(22-16)19(6,7)17(23(25-20)18(3,4)5)14-8-10-15(21)11-9-14/h8-11,13,16-17,22H,12H2,1-7H3/t16-,17+,20+/m0/s1. The second kappa shape index (κ2) is 6.21. The van der Waals surface area contributed by atoms with Gasteiger partial charge in [0.15, 0.2) is 0 Å². The van der Waals surface area contributed by atoms with Crippen molar-refractivity contribution < 1.29 is 9.57 Å². The fraction of sp³-hybridized carbons (Fsp3) is 0.700. The molecule has 4 nitrogen and oxygen atoms in total. The summed E-state index contributed by atoms with van der Waals surface area (Å²) in [4.78, 5) is 6.53. The average molecular weight is 367 g/mol. The summed E-state index contributed by atoms with van der Waals surface area (Å²) in [6.07, 6.45) is 0. The van der Waals surface area contributed by atoms with Crippen molar-refractivity contribution in [1.29, 1.82) is 0 Å². The number of nitrogens with zero attached hydrogens (tertiary/aromatic N) is 1. The number of hydrogen-bond acceptors (Lipinski definition) is 4. The third-order valence-electron chi connectivity index (χ3n) is 5.49. The number of hydrogen-bond donors (Lipinski definition) is 1. The Hall–Kier alpha value is -0.650. The molecule has 2 saturated heterocycles. The van der Waals surface area contributed by atoms with Crippen molar-refractivity contribution in [2.45, 2.75) is 72.0 Å². The van der Waals surface area contributed by atoms with E-state index in [-0.39, 0.29) is 23.0 Å². The zero-order valence-electron chi connectivity index (χ0n) is 16.4. The molecule has 2 aliphatic heterocycles. The van der Waals surface area contributed by atoms with E-state index < -0.39 is 5.91 Å². The zero-order chi connectivity index (χ0) is 18.6. The Labute approximate surface area is 156 Å². The summed E-state index contributed by atoms with van der Waals surface area (Å²) in [6.45, 7) is 16.0. The minimum Gasteiger partial charge on any atom is -0.334 e. The molecule has 2 aliphatic rings. The molecule has 2 fully saturated rings. The summed E-state index contributed by atoms with van der Waals surface area (Å²) in [5, 5.41) is 6.49. The molecule has 1 spiro atoms. The van der Waals surface area contributed by atoms with Gasteiger partial charge in [-0.15, -0.1) is 0 Å². The highest BCUT2D eigenvalue weighted by molar-refractivity contribution is 6.30. The normalized spacial score (nSPS) is 32.8. The highest BCUT2D eigenvalue weighted by atomic mass is 35.5. The lowest BCUT2D eigenvalue weighted by molar-refractivity contribution is -0.334. The lowest BCUT2D eigenvalue weighted by atomic mass is 9.77. The third kappa shape index (κ3) is 3.13. The van der Waals surface area contributed by atoms with Crippen molar-refractivity contribution in [3.05, 3.63) is 34.9 Å². The molecule has 1 aromatic rings. The fourth-order valence-corrected chi connectivity index (χ4v) is 3.95. The van der Waals surface area contributed by atoms with Gasteiger partial charge in [0.2, 0.25) is 0 Å². The lowest BCUT2D eigenvalue weighted by Crippen LogP contribution is -2.55. The van der Waals surface area contributed by atoms with Crippen LogP contribution in [0, 0.1) is 11.3 Å². The van der Waals surface area contributed by atoms with E-state index in [1.165, 1.54) is 5.56 Å². The number of nitrogens with one attached hydrogen (secondary N) is 1. The van der Waals surface area contributed by atoms with Crippen LogP contribution in [0.15, 0.2) is 24.3 Å². The molecule has 3 atom stereocenters. The number of benzene rings is 1. The van der Waals surface area contributed by atoms with Crippen LogP contribution >= 0.6 is 11.6 Å². The van der Waals surface area contributed by atoms with Gasteiger partial charge in [-0.25, -0.2) is 4.84 Å². The van der Waals surface area contributed by atoms with E-state index in [0.29, 0.717) is 12.5 Å². The Kier molecular flexibility index (Phi) is 4.75. The summed E-state index contributed by atoms with van der Waals surface area (Å²) < 4.78 is 6.29. The van der Waals surface area contributed by atoms with E-state index in [4.69, 9.17) is 21.2 Å². The highest BCUT2D eigenvalue weighted by Crippen LogP contribution is 2.57. The molecule has 0 aliphatic carbocycles. The third-order valence-corrected chi connectivity index (χ3v) is 5.74. The second-order valence-electron chi connectivity index (χ2n) is 9.19. The summed E-state index contributed by atoms with van der Waals surface area (Å²) in [5.41, 5.74) is 0.712. The van der Waals surface area contributed by atoms with Crippen LogP contribution in [0.3, 0.4) is 0 Å². The van der Waals surface area contributed by atoms with Crippen molar-refractivity contribution in [1.82, 2.24) is 10.4 Å². The molecule has 0 aromatic heterocycles. The molecule has 2 heterocycles. The molecule has 0 amide bonds. The van der Waals surface area contributed by atoms with Gasteiger partial charge in [0.25, 0.3) is 5.91 Å². The van der Waals surface area contributed by atoms with Gasteiger partial charge in [0.05, 0.1) is 18.1 Å². The second-order valence-corrected chi connectivity index (χ2v) is 9.62. The Morgan fingerprint density at radius 3 is 2.28 bits per heavy atom. The van der Waals surface area contributed by atoms with Crippen LogP contribution in [0.4, 0.5) is 0 Å². The molecule has 25 heavy (non-hydrogen) atoms. The van der Waals surface area contributed by atoms with Crippen molar-refractivity contribution in [2.24, 2.45) is 11.3 Å². The number of hydroxylamine groups is 2. The van der Waals surface area contributed by atoms with Crippen LogP contribution in [0.2, 0.25) is 5.02 Å². The fourth-order valence-electron chi connectivity index (χ4n) is 3.82. The van der Waals surface area contributed by atoms with Crippen molar-refractivity contribution >= 4 is 11.6 Å². The molecule has 0 radical (unpaired) electrons. The Balaban J connectivity index is 2.04. The smallest absolute Gasteiger partial charge is 0.253 e. The average Bonchev–Trinajstić information content (AvgIpc) is 3.02. The van der Waals surface area contributed by atoms with Crippen LogP contribution in [-0.4, -0.2) is 29.2 Å². The van der Waals surface area contributed by atoms with Gasteiger partial charge in [-0.05, 0) is 44.4 Å². The minimum atomic E-state index is -0.820. The SMILES string of the molecule is CC(C)[C@@H]1CO[C@@]2(N1)ON(C(C)(C)C)[C@H](c1ccc(Cl)cc1)C2(C)C. The monoisotopic (exact) mass is 366 g/mol. The molecule has 1 aromatic carbocycles. The Morgan fingerprint density at radius 1 is 1.20 bits per heavy atom. The largest absolute Gasteiger partial charge is 0.334 e. The molecule has 140 valence electrons. The van der Waals surface area contributed by atoms with Gasteiger partial charge in [-0.2, -0.15) is 5.06 Å². The predicted molar refractivity (Wildman–Crippen MR) is 101 cm³/mol. The van der Waals surface area contributed by atoms with Crippen molar-refractivity contribution in [2.75, 3.05) is 6.61 Å². The topological polar surface area (TPSA) is 33.7 Å². The lowest BCUT2D eigenvalue weighted by Gasteiger charge is -2.38. The van der Waals surface area contributed by atoms with Gasteiger partial charge in [-0.3, -0.25) is 5.32 Å². The van der Waals surface area contributed by atoms with E-state index in [1.807, 2.05) is 12.1 Å².